The first kappa shape index (κ1) is 19.4. The quantitative estimate of drug-likeness (QED) is 0.653. The van der Waals surface area contributed by atoms with E-state index in [4.69, 9.17) is 21.7 Å². The van der Waals surface area contributed by atoms with Crippen LogP contribution in [-0.2, 0) is 0 Å². The Bertz CT molecular complexity index is 762. The lowest BCUT2D eigenvalue weighted by Gasteiger charge is -2.03. The van der Waals surface area contributed by atoms with Crippen molar-refractivity contribution in [1.82, 2.24) is 0 Å². The molecule has 0 aliphatic heterocycles. The Balaban J connectivity index is 0.000000251. The third-order valence-corrected chi connectivity index (χ3v) is 3.25. The number of rotatable bonds is 4. The van der Waals surface area contributed by atoms with E-state index in [1.54, 1.807) is 0 Å². The Kier molecular flexibility index (Phi) is 6.39. The third-order valence-electron chi connectivity index (χ3n) is 3.25. The van der Waals surface area contributed by atoms with Crippen LogP contribution in [0.3, 0.4) is 0 Å². The summed E-state index contributed by atoms with van der Waals surface area (Å²) in [5, 5.41) is 17.4. The Morgan fingerprint density at radius 1 is 0.720 bits per heavy atom. The highest BCUT2D eigenvalue weighted by atomic mass is 16.4. The summed E-state index contributed by atoms with van der Waals surface area (Å²) in [6.07, 6.45) is 0. The van der Waals surface area contributed by atoms with Crippen molar-refractivity contribution >= 4 is 23.8 Å². The molecule has 0 heterocycles. The van der Waals surface area contributed by atoms with Gasteiger partial charge in [-0.3, -0.25) is 9.59 Å². The van der Waals surface area contributed by atoms with Gasteiger partial charge in [0.25, 0.3) is 0 Å². The normalized spacial score (nSPS) is 9.48. The van der Waals surface area contributed by atoms with Crippen molar-refractivity contribution in [2.45, 2.75) is 6.92 Å². The number of benzene rings is 2. The van der Waals surface area contributed by atoms with E-state index in [0.29, 0.717) is 11.1 Å². The molecule has 2 aromatic carbocycles. The number of carbonyl (C=O) groups excluding carboxylic acids is 2. The Morgan fingerprint density at radius 2 is 1.04 bits per heavy atom. The van der Waals surface area contributed by atoms with E-state index < -0.39 is 23.8 Å². The highest BCUT2D eigenvalue weighted by Gasteiger charge is 2.13. The summed E-state index contributed by atoms with van der Waals surface area (Å²) < 4.78 is 0. The average Bonchev–Trinajstić information content (AvgIpc) is 2.55. The van der Waals surface area contributed by atoms with E-state index in [1.807, 2.05) is 0 Å². The van der Waals surface area contributed by atoms with E-state index >= 15 is 0 Å². The predicted octanol–water partition coefficient (Wildman–Crippen LogP) is 1.28. The first-order valence-corrected chi connectivity index (χ1v) is 6.91. The van der Waals surface area contributed by atoms with Crippen molar-refractivity contribution < 1.29 is 29.4 Å². The van der Waals surface area contributed by atoms with Gasteiger partial charge in [-0.2, -0.15) is 0 Å². The lowest BCUT2D eigenvalue weighted by atomic mass is 10.0. The zero-order chi connectivity index (χ0) is 19.1. The molecule has 0 radical (unpaired) electrons. The smallest absolute Gasteiger partial charge is 0.335 e. The minimum atomic E-state index is -1.11. The minimum Gasteiger partial charge on any atom is -0.478 e. The van der Waals surface area contributed by atoms with Crippen molar-refractivity contribution in [3.8, 4) is 0 Å². The molecule has 0 saturated heterocycles. The number of amides is 2. The fourth-order valence-corrected chi connectivity index (χ4v) is 1.90. The van der Waals surface area contributed by atoms with Crippen molar-refractivity contribution in [2.24, 2.45) is 11.5 Å². The molecule has 0 fully saturated rings. The molecule has 2 amide bonds. The summed E-state index contributed by atoms with van der Waals surface area (Å²) in [7, 11) is 0. The maximum absolute atomic E-state index is 10.6. The fraction of sp³-hybridized carbons (Fsp3) is 0.0588. The number of hydrogen-bond donors (Lipinski definition) is 4. The van der Waals surface area contributed by atoms with Gasteiger partial charge in [0.2, 0.25) is 11.8 Å². The highest BCUT2D eigenvalue weighted by Crippen LogP contribution is 2.13. The molecule has 2 aromatic rings. The number of carboxylic acids is 2. The summed E-state index contributed by atoms with van der Waals surface area (Å²) in [4.78, 5) is 42.4. The van der Waals surface area contributed by atoms with Crippen LogP contribution in [0.4, 0.5) is 0 Å². The van der Waals surface area contributed by atoms with Crippen LogP contribution in [0.1, 0.15) is 47.0 Å². The standard InChI is InChI=1S/C9H8O4.C8H8N2O2/c1-5-6(8(10)11)3-2-4-7(5)9(12)13;9-7(11)5-1-2-6(4-3-5)8(10)12/h2-4H,1H3,(H,10,11)(H,12,13);1-4H,(H2,9,11)(H2,10,12). The van der Waals surface area contributed by atoms with Crippen LogP contribution >= 0.6 is 0 Å². The summed E-state index contributed by atoms with van der Waals surface area (Å²) in [6.45, 7) is 1.48. The number of carbonyl (C=O) groups is 4. The average molecular weight is 344 g/mol. The van der Waals surface area contributed by atoms with Crippen LogP contribution in [0.15, 0.2) is 42.5 Å². The number of hydrogen-bond acceptors (Lipinski definition) is 4. The topological polar surface area (TPSA) is 161 Å². The van der Waals surface area contributed by atoms with Crippen LogP contribution in [0.25, 0.3) is 0 Å². The highest BCUT2D eigenvalue weighted by molar-refractivity contribution is 5.97. The molecule has 25 heavy (non-hydrogen) atoms. The van der Waals surface area contributed by atoms with Crippen molar-refractivity contribution in [3.63, 3.8) is 0 Å². The first-order chi connectivity index (χ1) is 11.6. The molecule has 0 bridgehead atoms. The molecule has 0 atom stereocenters. The van der Waals surface area contributed by atoms with Crippen LogP contribution in [0.2, 0.25) is 0 Å². The second kappa shape index (κ2) is 8.25. The van der Waals surface area contributed by atoms with E-state index in [0.717, 1.165) is 0 Å². The molecular weight excluding hydrogens is 328 g/mol. The molecule has 0 aliphatic rings. The molecule has 0 unspecified atom stereocenters. The van der Waals surface area contributed by atoms with E-state index in [1.165, 1.54) is 49.4 Å². The largest absolute Gasteiger partial charge is 0.478 e. The molecule has 0 aromatic heterocycles. The number of carboxylic acid groups (broad SMARTS) is 2. The van der Waals surface area contributed by atoms with Crippen LogP contribution in [-0.4, -0.2) is 34.0 Å². The van der Waals surface area contributed by atoms with Crippen molar-refractivity contribution in [1.29, 1.82) is 0 Å². The Morgan fingerprint density at radius 3 is 1.28 bits per heavy atom. The third kappa shape index (κ3) is 5.17. The maximum atomic E-state index is 10.6. The van der Waals surface area contributed by atoms with Gasteiger partial charge in [0, 0.05) is 11.1 Å². The van der Waals surface area contributed by atoms with E-state index in [2.05, 4.69) is 0 Å². The van der Waals surface area contributed by atoms with Gasteiger partial charge < -0.3 is 21.7 Å². The van der Waals surface area contributed by atoms with Gasteiger partial charge >= 0.3 is 11.9 Å². The molecular formula is C17H16N2O6. The zero-order valence-corrected chi connectivity index (χ0v) is 13.2. The number of aromatic carboxylic acids is 2. The van der Waals surface area contributed by atoms with Crippen molar-refractivity contribution in [3.05, 3.63) is 70.3 Å². The summed E-state index contributed by atoms with van der Waals surface area (Å²) >= 11 is 0. The second-order valence-corrected chi connectivity index (χ2v) is 4.89. The molecule has 0 aliphatic carbocycles. The summed E-state index contributed by atoms with van der Waals surface area (Å²) in [6, 6.07) is 10.0. The Hall–Kier alpha value is -3.68. The second-order valence-electron chi connectivity index (χ2n) is 4.89. The SMILES string of the molecule is Cc1c(C(=O)O)cccc1C(=O)O.NC(=O)c1ccc(C(N)=O)cc1. The fourth-order valence-electron chi connectivity index (χ4n) is 1.90. The van der Waals surface area contributed by atoms with E-state index in [-0.39, 0.29) is 16.7 Å². The van der Waals surface area contributed by atoms with Gasteiger partial charge in [0.1, 0.15) is 0 Å². The van der Waals surface area contributed by atoms with Gasteiger partial charge in [-0.1, -0.05) is 6.07 Å². The summed E-state index contributed by atoms with van der Waals surface area (Å²) in [5.41, 5.74) is 11.0. The maximum Gasteiger partial charge on any atom is 0.335 e. The zero-order valence-electron chi connectivity index (χ0n) is 13.2. The van der Waals surface area contributed by atoms with Crippen LogP contribution in [0.5, 0.6) is 0 Å². The molecule has 6 N–H and O–H groups in total. The summed E-state index contributed by atoms with van der Waals surface area (Å²) in [5.74, 6) is -3.27. The molecule has 8 nitrogen and oxygen atoms in total. The van der Waals surface area contributed by atoms with E-state index in [9.17, 15) is 19.2 Å². The molecule has 0 spiro atoms. The predicted molar refractivity (Wildman–Crippen MR) is 88.6 cm³/mol. The monoisotopic (exact) mass is 344 g/mol. The van der Waals surface area contributed by atoms with Crippen LogP contribution in [0, 0.1) is 6.92 Å². The van der Waals surface area contributed by atoms with Gasteiger partial charge in [0.15, 0.2) is 0 Å². The van der Waals surface area contributed by atoms with Gasteiger partial charge in [-0.25, -0.2) is 9.59 Å². The van der Waals surface area contributed by atoms with Gasteiger partial charge in [0.05, 0.1) is 11.1 Å². The molecule has 0 saturated carbocycles. The Labute approximate surface area is 142 Å². The lowest BCUT2D eigenvalue weighted by molar-refractivity contribution is 0.0695. The minimum absolute atomic E-state index is 0.0277. The number of primary amides is 2. The van der Waals surface area contributed by atoms with Crippen molar-refractivity contribution in [2.75, 3.05) is 0 Å². The molecule has 130 valence electrons. The first-order valence-electron chi connectivity index (χ1n) is 6.91. The lowest BCUT2D eigenvalue weighted by Crippen LogP contribution is -2.13. The van der Waals surface area contributed by atoms with Crippen LogP contribution < -0.4 is 11.5 Å². The molecule has 8 heteroatoms. The van der Waals surface area contributed by atoms with Gasteiger partial charge in [-0.05, 0) is 48.9 Å². The van der Waals surface area contributed by atoms with Gasteiger partial charge in [-0.15, -0.1) is 0 Å². The molecule has 2 rings (SSSR count). The number of nitrogens with two attached hydrogens (primary N) is 2.